The highest BCUT2D eigenvalue weighted by Gasteiger charge is 2.23. The molecule has 0 bridgehead atoms. The van der Waals surface area contributed by atoms with E-state index in [1.807, 2.05) is 0 Å². The lowest BCUT2D eigenvalue weighted by atomic mass is 10.1. The maximum atomic E-state index is 13.1. The Bertz CT molecular complexity index is 590. The molecule has 0 fully saturated rings. The van der Waals surface area contributed by atoms with Crippen LogP contribution in [-0.2, 0) is 4.79 Å². The topological polar surface area (TPSA) is 92.6 Å². The van der Waals surface area contributed by atoms with Crippen molar-refractivity contribution in [3.05, 3.63) is 39.4 Å². The van der Waals surface area contributed by atoms with Gasteiger partial charge >= 0.3 is 0 Å². The van der Waals surface area contributed by atoms with Crippen LogP contribution >= 0.6 is 0 Å². The highest BCUT2D eigenvalue weighted by atomic mass is 19.2. The van der Waals surface area contributed by atoms with Crippen LogP contribution in [0.15, 0.2) is 12.1 Å². The molecule has 0 atom stereocenters. The van der Waals surface area contributed by atoms with Crippen molar-refractivity contribution in [2.75, 3.05) is 20.6 Å². The van der Waals surface area contributed by atoms with Crippen molar-refractivity contribution < 1.29 is 23.3 Å². The highest BCUT2D eigenvalue weighted by molar-refractivity contribution is 5.98. The first-order valence-electron chi connectivity index (χ1n) is 5.85. The molecule has 0 aliphatic rings. The Balaban J connectivity index is 2.85. The van der Waals surface area contributed by atoms with Gasteiger partial charge in [0.2, 0.25) is 5.91 Å². The number of nitro groups is 1. The number of benzene rings is 1. The number of carbonyl (C=O) groups excluding carboxylic acids is 2. The van der Waals surface area contributed by atoms with E-state index in [9.17, 15) is 28.5 Å². The van der Waals surface area contributed by atoms with Crippen LogP contribution in [0.2, 0.25) is 0 Å². The number of nitro benzene ring substituents is 1. The van der Waals surface area contributed by atoms with Gasteiger partial charge in [0.1, 0.15) is 5.56 Å². The van der Waals surface area contributed by atoms with Gasteiger partial charge in [-0.15, -0.1) is 0 Å². The first-order chi connectivity index (χ1) is 9.73. The number of halogens is 2. The summed E-state index contributed by atoms with van der Waals surface area (Å²) >= 11 is 0. The smallest absolute Gasteiger partial charge is 0.285 e. The highest BCUT2D eigenvalue weighted by Crippen LogP contribution is 2.22. The average Bonchev–Trinajstić information content (AvgIpc) is 2.40. The van der Waals surface area contributed by atoms with Crippen LogP contribution in [-0.4, -0.2) is 42.3 Å². The van der Waals surface area contributed by atoms with Crippen LogP contribution < -0.4 is 5.32 Å². The van der Waals surface area contributed by atoms with Crippen LogP contribution in [0.4, 0.5) is 14.5 Å². The van der Waals surface area contributed by atoms with Gasteiger partial charge in [0.25, 0.3) is 11.6 Å². The molecule has 0 saturated heterocycles. The fraction of sp³-hybridized carbons (Fsp3) is 0.333. The third kappa shape index (κ3) is 4.20. The van der Waals surface area contributed by atoms with Gasteiger partial charge in [-0.3, -0.25) is 19.7 Å². The molecule has 0 unspecified atom stereocenters. The number of carbonyl (C=O) groups is 2. The molecule has 1 N–H and O–H groups in total. The normalized spacial score (nSPS) is 10.1. The summed E-state index contributed by atoms with van der Waals surface area (Å²) in [6.07, 6.45) is -0.0176. The van der Waals surface area contributed by atoms with Gasteiger partial charge in [-0.05, 0) is 6.07 Å². The van der Waals surface area contributed by atoms with E-state index in [1.165, 1.54) is 19.0 Å². The number of nitrogens with zero attached hydrogens (tertiary/aromatic N) is 2. The maximum absolute atomic E-state index is 13.1. The van der Waals surface area contributed by atoms with Gasteiger partial charge < -0.3 is 10.2 Å². The van der Waals surface area contributed by atoms with Crippen LogP contribution in [0.3, 0.4) is 0 Å². The number of hydrogen-bond acceptors (Lipinski definition) is 4. The molecule has 2 amide bonds. The zero-order chi connectivity index (χ0) is 16.2. The minimum absolute atomic E-state index is 0.0176. The third-order valence-corrected chi connectivity index (χ3v) is 2.60. The Morgan fingerprint density at radius 3 is 2.38 bits per heavy atom. The number of hydrogen-bond donors (Lipinski definition) is 1. The molecule has 1 aromatic rings. The number of amides is 2. The van der Waals surface area contributed by atoms with E-state index in [1.54, 1.807) is 0 Å². The fourth-order valence-corrected chi connectivity index (χ4v) is 1.47. The molecule has 0 saturated carbocycles. The average molecular weight is 301 g/mol. The Hall–Kier alpha value is -2.58. The lowest BCUT2D eigenvalue weighted by Crippen LogP contribution is -2.30. The molecule has 0 radical (unpaired) electrons. The molecule has 7 nitrogen and oxygen atoms in total. The summed E-state index contributed by atoms with van der Waals surface area (Å²) in [5.41, 5.74) is -1.44. The zero-order valence-corrected chi connectivity index (χ0v) is 11.4. The SMILES string of the molecule is CN(C)C(=O)CCNC(=O)c1cc(F)c(F)cc1[N+](=O)[O-]. The minimum Gasteiger partial charge on any atom is -0.351 e. The van der Waals surface area contributed by atoms with E-state index in [0.717, 1.165) is 0 Å². The number of rotatable bonds is 5. The predicted molar refractivity (Wildman–Crippen MR) is 68.7 cm³/mol. The van der Waals surface area contributed by atoms with Gasteiger partial charge in [-0.25, -0.2) is 8.78 Å². The van der Waals surface area contributed by atoms with E-state index in [0.29, 0.717) is 12.1 Å². The molecule has 0 aromatic heterocycles. The largest absolute Gasteiger partial charge is 0.351 e. The Kier molecular flexibility index (Phi) is 5.28. The third-order valence-electron chi connectivity index (χ3n) is 2.60. The van der Waals surface area contributed by atoms with Crippen LogP contribution in [0.5, 0.6) is 0 Å². The van der Waals surface area contributed by atoms with Gasteiger partial charge in [-0.2, -0.15) is 0 Å². The van der Waals surface area contributed by atoms with E-state index < -0.39 is 33.7 Å². The van der Waals surface area contributed by atoms with Crippen molar-refractivity contribution >= 4 is 17.5 Å². The molecular formula is C12H13F2N3O4. The van der Waals surface area contributed by atoms with Crippen LogP contribution in [0, 0.1) is 21.7 Å². The second kappa shape index (κ2) is 6.73. The van der Waals surface area contributed by atoms with E-state index in [-0.39, 0.29) is 18.9 Å². The van der Waals surface area contributed by atoms with Gasteiger partial charge in [0.05, 0.1) is 11.0 Å². The van der Waals surface area contributed by atoms with Crippen molar-refractivity contribution in [2.24, 2.45) is 0 Å². The summed E-state index contributed by atoms with van der Waals surface area (Å²) in [5, 5.41) is 13.0. The molecule has 0 aliphatic heterocycles. The zero-order valence-electron chi connectivity index (χ0n) is 11.4. The second-order valence-corrected chi connectivity index (χ2v) is 4.33. The summed E-state index contributed by atoms with van der Waals surface area (Å²) < 4.78 is 26.1. The number of nitrogens with one attached hydrogen (secondary N) is 1. The van der Waals surface area contributed by atoms with E-state index in [4.69, 9.17) is 0 Å². The molecule has 21 heavy (non-hydrogen) atoms. The molecule has 1 aromatic carbocycles. The van der Waals surface area contributed by atoms with Gasteiger partial charge in [0, 0.05) is 27.1 Å². The van der Waals surface area contributed by atoms with Gasteiger partial charge in [-0.1, -0.05) is 0 Å². The van der Waals surface area contributed by atoms with Crippen molar-refractivity contribution in [3.8, 4) is 0 Å². The van der Waals surface area contributed by atoms with Crippen molar-refractivity contribution in [1.82, 2.24) is 10.2 Å². The summed E-state index contributed by atoms with van der Waals surface area (Å²) in [6, 6.07) is 0.797. The van der Waals surface area contributed by atoms with E-state index >= 15 is 0 Å². The molecule has 0 heterocycles. The second-order valence-electron chi connectivity index (χ2n) is 4.33. The van der Waals surface area contributed by atoms with Crippen molar-refractivity contribution in [3.63, 3.8) is 0 Å². The Morgan fingerprint density at radius 2 is 1.86 bits per heavy atom. The lowest BCUT2D eigenvalue weighted by Gasteiger charge is -2.10. The minimum atomic E-state index is -1.42. The van der Waals surface area contributed by atoms with Crippen molar-refractivity contribution in [2.45, 2.75) is 6.42 Å². The van der Waals surface area contributed by atoms with E-state index in [2.05, 4.69) is 5.32 Å². The fourth-order valence-electron chi connectivity index (χ4n) is 1.47. The molecule has 9 heteroatoms. The van der Waals surface area contributed by atoms with Crippen LogP contribution in [0.25, 0.3) is 0 Å². The van der Waals surface area contributed by atoms with Crippen molar-refractivity contribution in [1.29, 1.82) is 0 Å². The molecular weight excluding hydrogens is 288 g/mol. The maximum Gasteiger partial charge on any atom is 0.285 e. The summed E-state index contributed by atoms with van der Waals surface area (Å²) in [5.74, 6) is -3.99. The van der Waals surface area contributed by atoms with Gasteiger partial charge in [0.15, 0.2) is 11.6 Å². The molecule has 114 valence electrons. The summed E-state index contributed by atoms with van der Waals surface area (Å²) in [7, 11) is 3.06. The lowest BCUT2D eigenvalue weighted by molar-refractivity contribution is -0.385. The summed E-state index contributed by atoms with van der Waals surface area (Å²) in [4.78, 5) is 34.1. The quantitative estimate of drug-likeness (QED) is 0.650. The Labute approximate surface area is 118 Å². The first kappa shape index (κ1) is 16.5. The molecule has 0 spiro atoms. The summed E-state index contributed by atoms with van der Waals surface area (Å²) in [6.45, 7) is -0.0774. The Morgan fingerprint density at radius 1 is 1.29 bits per heavy atom. The standard InChI is InChI=1S/C12H13F2N3O4/c1-16(2)11(18)3-4-15-12(19)7-5-8(13)9(14)6-10(7)17(20)21/h5-6H,3-4H2,1-2H3,(H,15,19). The predicted octanol–water partition coefficient (Wildman–Crippen LogP) is 1.08. The first-order valence-corrected chi connectivity index (χ1v) is 5.85. The molecule has 0 aliphatic carbocycles. The van der Waals surface area contributed by atoms with Crippen LogP contribution in [0.1, 0.15) is 16.8 Å². The monoisotopic (exact) mass is 301 g/mol. The molecule has 1 rings (SSSR count).